The smallest absolute Gasteiger partial charge is 0.136 e. The zero-order chi connectivity index (χ0) is 9.14. The zero-order valence-corrected chi connectivity index (χ0v) is 8.93. The SMILES string of the molecule is C=C[C](C)c1ccc(I)c(F)c1. The first kappa shape index (κ1) is 9.71. The number of hydrogen-bond acceptors (Lipinski definition) is 0. The van der Waals surface area contributed by atoms with E-state index in [9.17, 15) is 4.39 Å². The Kier molecular flexibility index (Phi) is 3.26. The minimum absolute atomic E-state index is 0.172. The summed E-state index contributed by atoms with van der Waals surface area (Å²) in [7, 11) is 0. The molecule has 0 bridgehead atoms. The molecule has 0 nitrogen and oxygen atoms in total. The van der Waals surface area contributed by atoms with Gasteiger partial charge in [-0.3, -0.25) is 0 Å². The van der Waals surface area contributed by atoms with E-state index < -0.39 is 0 Å². The van der Waals surface area contributed by atoms with Gasteiger partial charge in [-0.15, -0.1) is 6.58 Å². The summed E-state index contributed by atoms with van der Waals surface area (Å²) in [6, 6.07) is 5.18. The highest BCUT2D eigenvalue weighted by molar-refractivity contribution is 14.1. The summed E-state index contributed by atoms with van der Waals surface area (Å²) in [4.78, 5) is 0. The molecule has 12 heavy (non-hydrogen) atoms. The average Bonchev–Trinajstić information content (AvgIpc) is 2.08. The summed E-state index contributed by atoms with van der Waals surface area (Å²) in [5, 5.41) is 0. The van der Waals surface area contributed by atoms with E-state index in [4.69, 9.17) is 0 Å². The van der Waals surface area contributed by atoms with E-state index in [1.807, 2.05) is 35.6 Å². The van der Waals surface area contributed by atoms with E-state index >= 15 is 0 Å². The molecule has 0 N–H and O–H groups in total. The quantitative estimate of drug-likeness (QED) is 0.724. The van der Waals surface area contributed by atoms with Crippen LogP contribution in [0.3, 0.4) is 0 Å². The van der Waals surface area contributed by atoms with Crippen LogP contribution in [0.25, 0.3) is 0 Å². The molecule has 63 valence electrons. The number of hydrogen-bond donors (Lipinski definition) is 0. The lowest BCUT2D eigenvalue weighted by Gasteiger charge is -2.05. The van der Waals surface area contributed by atoms with Crippen LogP contribution in [0, 0.1) is 15.3 Å². The van der Waals surface area contributed by atoms with Crippen LogP contribution in [-0.2, 0) is 0 Å². The zero-order valence-electron chi connectivity index (χ0n) is 6.77. The second-order valence-electron chi connectivity index (χ2n) is 2.52. The fourth-order valence-electron chi connectivity index (χ4n) is 0.859. The first-order valence-electron chi connectivity index (χ1n) is 3.56. The molecule has 0 aliphatic heterocycles. The maximum absolute atomic E-state index is 13.0. The minimum atomic E-state index is -0.172. The second-order valence-corrected chi connectivity index (χ2v) is 3.68. The van der Waals surface area contributed by atoms with E-state index in [1.165, 1.54) is 6.07 Å². The monoisotopic (exact) mass is 275 g/mol. The van der Waals surface area contributed by atoms with Crippen molar-refractivity contribution in [3.8, 4) is 0 Å². The molecule has 0 amide bonds. The third kappa shape index (κ3) is 2.06. The molecular formula is C10H9FI. The van der Waals surface area contributed by atoms with Crippen molar-refractivity contribution in [2.45, 2.75) is 6.92 Å². The fraction of sp³-hybridized carbons (Fsp3) is 0.100. The maximum Gasteiger partial charge on any atom is 0.136 e. The number of rotatable bonds is 2. The van der Waals surface area contributed by atoms with Gasteiger partial charge in [-0.25, -0.2) is 4.39 Å². The van der Waals surface area contributed by atoms with E-state index in [1.54, 1.807) is 12.1 Å². The van der Waals surface area contributed by atoms with Crippen molar-refractivity contribution in [1.82, 2.24) is 0 Å². The highest BCUT2D eigenvalue weighted by atomic mass is 127. The lowest BCUT2D eigenvalue weighted by molar-refractivity contribution is 0.619. The van der Waals surface area contributed by atoms with Crippen LogP contribution in [0.15, 0.2) is 30.9 Å². The lowest BCUT2D eigenvalue weighted by atomic mass is 10.0. The molecule has 2 heteroatoms. The Balaban J connectivity index is 3.04. The summed E-state index contributed by atoms with van der Waals surface area (Å²) in [5.41, 5.74) is 0.892. The normalized spacial score (nSPS) is 10.3. The van der Waals surface area contributed by atoms with E-state index in [0.717, 1.165) is 11.5 Å². The van der Waals surface area contributed by atoms with Crippen molar-refractivity contribution < 1.29 is 4.39 Å². The van der Waals surface area contributed by atoms with Gasteiger partial charge in [0.25, 0.3) is 0 Å². The van der Waals surface area contributed by atoms with Crippen molar-refractivity contribution in [3.63, 3.8) is 0 Å². The molecule has 1 radical (unpaired) electrons. The predicted molar refractivity (Wildman–Crippen MR) is 57.3 cm³/mol. The molecule has 0 saturated carbocycles. The third-order valence-corrected chi connectivity index (χ3v) is 2.56. The van der Waals surface area contributed by atoms with Gasteiger partial charge in [0.1, 0.15) is 5.82 Å². The predicted octanol–water partition coefficient (Wildman–Crippen LogP) is 3.56. The fourth-order valence-corrected chi connectivity index (χ4v) is 1.19. The van der Waals surface area contributed by atoms with Crippen molar-refractivity contribution in [2.24, 2.45) is 0 Å². The molecule has 0 unspecified atom stereocenters. The highest BCUT2D eigenvalue weighted by Gasteiger charge is 2.04. The Labute approximate surface area is 85.6 Å². The van der Waals surface area contributed by atoms with Crippen molar-refractivity contribution >= 4 is 22.6 Å². The van der Waals surface area contributed by atoms with Crippen LogP contribution in [0.2, 0.25) is 0 Å². The van der Waals surface area contributed by atoms with E-state index in [2.05, 4.69) is 6.58 Å². The molecule has 0 aromatic heterocycles. The molecule has 0 saturated heterocycles. The first-order chi connectivity index (χ1) is 5.65. The van der Waals surface area contributed by atoms with Crippen LogP contribution in [0.4, 0.5) is 4.39 Å². The molecule has 0 atom stereocenters. The third-order valence-electron chi connectivity index (χ3n) is 1.68. The largest absolute Gasteiger partial charge is 0.206 e. The van der Waals surface area contributed by atoms with Gasteiger partial charge in [0.2, 0.25) is 0 Å². The Hall–Kier alpha value is -0.380. The van der Waals surface area contributed by atoms with Gasteiger partial charge in [0.15, 0.2) is 0 Å². The lowest BCUT2D eigenvalue weighted by Crippen LogP contribution is -1.92. The summed E-state index contributed by atoms with van der Waals surface area (Å²) in [6.07, 6.45) is 1.72. The molecule has 0 fully saturated rings. The molecule has 0 spiro atoms. The molecule has 0 aliphatic rings. The first-order valence-corrected chi connectivity index (χ1v) is 4.64. The molecule has 1 rings (SSSR count). The highest BCUT2D eigenvalue weighted by Crippen LogP contribution is 2.19. The number of allylic oxidation sites excluding steroid dienone is 1. The van der Waals surface area contributed by atoms with Crippen molar-refractivity contribution in [2.75, 3.05) is 0 Å². The van der Waals surface area contributed by atoms with Crippen molar-refractivity contribution in [3.05, 3.63) is 51.7 Å². The summed E-state index contributed by atoms with van der Waals surface area (Å²) in [5.74, 6) is 0.819. The maximum atomic E-state index is 13.0. The number of benzene rings is 1. The van der Waals surface area contributed by atoms with E-state index in [-0.39, 0.29) is 5.82 Å². The topological polar surface area (TPSA) is 0 Å². The van der Waals surface area contributed by atoms with Gasteiger partial charge in [-0.05, 0) is 40.3 Å². The Morgan fingerprint density at radius 2 is 2.25 bits per heavy atom. The van der Waals surface area contributed by atoms with Crippen LogP contribution < -0.4 is 0 Å². The van der Waals surface area contributed by atoms with Gasteiger partial charge in [0, 0.05) is 9.49 Å². The van der Waals surface area contributed by atoms with Crippen LogP contribution in [-0.4, -0.2) is 0 Å². The van der Waals surface area contributed by atoms with Crippen LogP contribution in [0.5, 0.6) is 0 Å². The van der Waals surface area contributed by atoms with Gasteiger partial charge < -0.3 is 0 Å². The van der Waals surface area contributed by atoms with E-state index in [0.29, 0.717) is 3.57 Å². The molecule has 0 aliphatic carbocycles. The molecule has 0 heterocycles. The standard InChI is InChI=1S/C10H9FI/c1-3-7(2)8-4-5-10(12)9(11)6-8/h3-6H,1H2,2H3. The summed E-state index contributed by atoms with van der Waals surface area (Å²) >= 11 is 1.97. The van der Waals surface area contributed by atoms with Gasteiger partial charge >= 0.3 is 0 Å². The van der Waals surface area contributed by atoms with Gasteiger partial charge in [-0.1, -0.05) is 19.1 Å². The van der Waals surface area contributed by atoms with Crippen LogP contribution >= 0.6 is 22.6 Å². The minimum Gasteiger partial charge on any atom is -0.206 e. The number of halogens is 2. The Morgan fingerprint density at radius 3 is 2.75 bits per heavy atom. The second kappa shape index (κ2) is 4.03. The Bertz CT molecular complexity index is 294. The van der Waals surface area contributed by atoms with Gasteiger partial charge in [0.05, 0.1) is 0 Å². The Morgan fingerprint density at radius 1 is 1.58 bits per heavy atom. The summed E-state index contributed by atoms with van der Waals surface area (Å²) in [6.45, 7) is 5.54. The summed E-state index contributed by atoms with van der Waals surface area (Å²) < 4.78 is 13.7. The van der Waals surface area contributed by atoms with Crippen LogP contribution in [0.1, 0.15) is 12.5 Å². The van der Waals surface area contributed by atoms with Crippen molar-refractivity contribution in [1.29, 1.82) is 0 Å². The van der Waals surface area contributed by atoms with Gasteiger partial charge in [-0.2, -0.15) is 0 Å². The average molecular weight is 275 g/mol. The molecule has 1 aromatic rings. The molecular weight excluding hydrogens is 266 g/mol. The molecule has 1 aromatic carbocycles.